The van der Waals surface area contributed by atoms with Gasteiger partial charge in [0.25, 0.3) is 0 Å². The molecule has 0 aliphatic carbocycles. The summed E-state index contributed by atoms with van der Waals surface area (Å²) in [6, 6.07) is 5.56. The molecule has 0 radical (unpaired) electrons. The molecule has 1 heterocycles. The molecule has 118 valence electrons. The summed E-state index contributed by atoms with van der Waals surface area (Å²) in [6.07, 6.45) is 4.47. The fourth-order valence-corrected chi connectivity index (χ4v) is 2.13. The molecule has 8 heteroatoms. The summed E-state index contributed by atoms with van der Waals surface area (Å²) in [5.74, 6) is 6.20. The van der Waals surface area contributed by atoms with E-state index < -0.39 is 0 Å². The summed E-state index contributed by atoms with van der Waals surface area (Å²) in [7, 11) is 1.66. The van der Waals surface area contributed by atoms with Gasteiger partial charge in [-0.3, -0.25) is 21.4 Å². The standard InChI is InChI=1S/C14H19ClN6O/c1-10(8-21(9-16)20(2)17)22-14-5-11(3-4-13(14)15)12-6-18-19-7-12/h3-7,9-10,16H,8,17H2,1-2H3,(H,18,19)/t10-/m0/s1. The van der Waals surface area contributed by atoms with Gasteiger partial charge in [-0.1, -0.05) is 17.7 Å². The van der Waals surface area contributed by atoms with Crippen LogP contribution in [0, 0.1) is 5.41 Å². The number of nitrogens with one attached hydrogen (secondary N) is 2. The van der Waals surface area contributed by atoms with E-state index in [1.54, 1.807) is 25.5 Å². The van der Waals surface area contributed by atoms with Crippen molar-refractivity contribution < 1.29 is 4.74 Å². The Hall–Kier alpha value is -2.09. The second-order valence-electron chi connectivity index (χ2n) is 4.89. The normalized spacial score (nSPS) is 12.2. The van der Waals surface area contributed by atoms with Gasteiger partial charge in [0.1, 0.15) is 11.9 Å². The number of hydrogen-bond donors (Lipinski definition) is 3. The molecule has 0 saturated carbocycles. The number of H-pyrrole nitrogens is 1. The lowest BCUT2D eigenvalue weighted by atomic mass is 10.1. The fraction of sp³-hybridized carbons (Fsp3) is 0.286. The summed E-state index contributed by atoms with van der Waals surface area (Å²) in [6.45, 7) is 2.32. The molecular formula is C14H19ClN6O. The van der Waals surface area contributed by atoms with Crippen LogP contribution in [0.3, 0.4) is 0 Å². The molecule has 2 rings (SSSR count). The third-order valence-electron chi connectivity index (χ3n) is 3.09. The molecule has 4 N–H and O–H groups in total. The van der Waals surface area contributed by atoms with Gasteiger partial charge in [-0.05, 0) is 24.6 Å². The molecule has 1 atom stereocenters. The van der Waals surface area contributed by atoms with E-state index in [0.29, 0.717) is 17.3 Å². The van der Waals surface area contributed by atoms with Gasteiger partial charge in [0.2, 0.25) is 0 Å². The number of benzene rings is 1. The third kappa shape index (κ3) is 3.97. The molecule has 2 aromatic rings. The summed E-state index contributed by atoms with van der Waals surface area (Å²) in [5, 5.41) is 17.4. The van der Waals surface area contributed by atoms with E-state index in [-0.39, 0.29) is 6.10 Å². The van der Waals surface area contributed by atoms with E-state index in [2.05, 4.69) is 10.2 Å². The van der Waals surface area contributed by atoms with Crippen LogP contribution in [0.15, 0.2) is 30.6 Å². The Kier molecular flexibility index (Phi) is 5.37. The minimum Gasteiger partial charge on any atom is -0.487 e. The number of hydrazine groups is 2. The Labute approximate surface area is 134 Å². The Morgan fingerprint density at radius 2 is 2.27 bits per heavy atom. The number of hydrogen-bond acceptors (Lipinski definition) is 5. The van der Waals surface area contributed by atoms with E-state index in [0.717, 1.165) is 17.5 Å². The maximum atomic E-state index is 7.32. The van der Waals surface area contributed by atoms with Gasteiger partial charge in [0.05, 0.1) is 24.1 Å². The summed E-state index contributed by atoms with van der Waals surface area (Å²) in [4.78, 5) is 0. The summed E-state index contributed by atoms with van der Waals surface area (Å²) in [5.41, 5.74) is 1.91. The minimum absolute atomic E-state index is 0.204. The highest BCUT2D eigenvalue weighted by molar-refractivity contribution is 6.32. The third-order valence-corrected chi connectivity index (χ3v) is 3.40. The Morgan fingerprint density at radius 1 is 1.50 bits per heavy atom. The molecule has 22 heavy (non-hydrogen) atoms. The van der Waals surface area contributed by atoms with Crippen molar-refractivity contribution >= 4 is 17.9 Å². The largest absolute Gasteiger partial charge is 0.487 e. The van der Waals surface area contributed by atoms with Gasteiger partial charge in [-0.25, -0.2) is 0 Å². The van der Waals surface area contributed by atoms with Crippen molar-refractivity contribution in [2.24, 2.45) is 5.84 Å². The van der Waals surface area contributed by atoms with Crippen molar-refractivity contribution in [2.45, 2.75) is 13.0 Å². The van der Waals surface area contributed by atoms with Crippen molar-refractivity contribution in [3.8, 4) is 16.9 Å². The minimum atomic E-state index is -0.204. The predicted octanol–water partition coefficient (Wildman–Crippen LogP) is 2.13. The highest BCUT2D eigenvalue weighted by Gasteiger charge is 2.13. The molecule has 0 aliphatic rings. The van der Waals surface area contributed by atoms with Gasteiger partial charge < -0.3 is 4.74 Å². The van der Waals surface area contributed by atoms with Crippen LogP contribution in [-0.4, -0.2) is 46.4 Å². The van der Waals surface area contributed by atoms with Crippen molar-refractivity contribution in [3.05, 3.63) is 35.6 Å². The average molecular weight is 323 g/mol. The molecule has 1 aromatic heterocycles. The molecule has 0 saturated heterocycles. The van der Waals surface area contributed by atoms with Gasteiger partial charge >= 0.3 is 0 Å². The van der Waals surface area contributed by atoms with Crippen molar-refractivity contribution in [3.63, 3.8) is 0 Å². The van der Waals surface area contributed by atoms with Gasteiger partial charge in [-0.2, -0.15) is 10.2 Å². The van der Waals surface area contributed by atoms with Gasteiger partial charge in [-0.15, -0.1) is 0 Å². The topological polar surface area (TPSA) is 94.3 Å². The lowest BCUT2D eigenvalue weighted by Gasteiger charge is -2.28. The monoisotopic (exact) mass is 322 g/mol. The smallest absolute Gasteiger partial charge is 0.139 e. The van der Waals surface area contributed by atoms with Crippen LogP contribution in [0.1, 0.15) is 6.92 Å². The number of ether oxygens (including phenoxy) is 1. The van der Waals surface area contributed by atoms with Crippen LogP contribution in [0.4, 0.5) is 0 Å². The number of aromatic nitrogens is 2. The Morgan fingerprint density at radius 3 is 2.86 bits per heavy atom. The lowest BCUT2D eigenvalue weighted by molar-refractivity contribution is 0.0444. The van der Waals surface area contributed by atoms with Crippen LogP contribution in [0.5, 0.6) is 5.75 Å². The van der Waals surface area contributed by atoms with E-state index >= 15 is 0 Å². The number of nitrogens with zero attached hydrogens (tertiary/aromatic N) is 3. The highest BCUT2D eigenvalue weighted by atomic mass is 35.5. The fourth-order valence-electron chi connectivity index (χ4n) is 1.97. The first-order valence-electron chi connectivity index (χ1n) is 6.72. The second kappa shape index (κ2) is 7.26. The number of aromatic amines is 1. The van der Waals surface area contributed by atoms with Crippen LogP contribution in [-0.2, 0) is 0 Å². The number of nitrogens with two attached hydrogens (primary N) is 1. The van der Waals surface area contributed by atoms with E-state index in [9.17, 15) is 0 Å². The maximum Gasteiger partial charge on any atom is 0.139 e. The Balaban J connectivity index is 2.11. The molecular weight excluding hydrogens is 304 g/mol. The van der Waals surface area contributed by atoms with Crippen molar-refractivity contribution in [1.29, 1.82) is 5.41 Å². The molecule has 0 amide bonds. The first kappa shape index (κ1) is 16.3. The molecule has 0 bridgehead atoms. The van der Waals surface area contributed by atoms with E-state index in [4.69, 9.17) is 27.6 Å². The molecule has 0 aliphatic heterocycles. The zero-order valence-electron chi connectivity index (χ0n) is 12.5. The molecule has 1 aromatic carbocycles. The first-order valence-corrected chi connectivity index (χ1v) is 7.10. The van der Waals surface area contributed by atoms with E-state index in [1.807, 2.05) is 19.1 Å². The zero-order valence-corrected chi connectivity index (χ0v) is 13.2. The lowest BCUT2D eigenvalue weighted by Crippen LogP contribution is -2.47. The maximum absolute atomic E-state index is 7.32. The van der Waals surface area contributed by atoms with Crippen LogP contribution >= 0.6 is 11.6 Å². The van der Waals surface area contributed by atoms with Gasteiger partial charge in [0.15, 0.2) is 0 Å². The van der Waals surface area contributed by atoms with Crippen molar-refractivity contribution in [2.75, 3.05) is 13.6 Å². The Bertz CT molecular complexity index is 616. The van der Waals surface area contributed by atoms with E-state index in [1.165, 1.54) is 10.1 Å². The van der Waals surface area contributed by atoms with Crippen molar-refractivity contribution in [1.82, 2.24) is 20.3 Å². The molecule has 0 unspecified atom stereocenters. The number of rotatable bonds is 7. The first-order chi connectivity index (χ1) is 10.5. The summed E-state index contributed by atoms with van der Waals surface area (Å²) >= 11 is 6.19. The SMILES string of the molecule is C[C@@H](CN(C=N)N(C)N)Oc1cc(-c2cn[nH]c2)ccc1Cl. The second-order valence-corrected chi connectivity index (χ2v) is 5.29. The van der Waals surface area contributed by atoms with Crippen LogP contribution in [0.2, 0.25) is 5.02 Å². The predicted molar refractivity (Wildman–Crippen MR) is 86.6 cm³/mol. The molecule has 0 fully saturated rings. The highest BCUT2D eigenvalue weighted by Crippen LogP contribution is 2.31. The van der Waals surface area contributed by atoms with Gasteiger partial charge in [0, 0.05) is 18.8 Å². The average Bonchev–Trinajstić information content (AvgIpc) is 3.01. The zero-order chi connectivity index (χ0) is 16.1. The van der Waals surface area contributed by atoms with Crippen LogP contribution < -0.4 is 10.6 Å². The quantitative estimate of drug-likeness (QED) is 0.314. The molecule has 7 nitrogen and oxygen atoms in total. The molecule has 0 spiro atoms. The number of halogens is 1. The van der Waals surface area contributed by atoms with Crippen LogP contribution in [0.25, 0.3) is 11.1 Å². The summed E-state index contributed by atoms with van der Waals surface area (Å²) < 4.78 is 5.88.